The predicted octanol–water partition coefficient (Wildman–Crippen LogP) is 1.15. The second-order valence-corrected chi connectivity index (χ2v) is 6.19. The van der Waals surface area contributed by atoms with Crippen molar-refractivity contribution in [1.82, 2.24) is 9.80 Å². The molecule has 0 spiro atoms. The van der Waals surface area contributed by atoms with Gasteiger partial charge in [0.2, 0.25) is 5.91 Å². The zero-order valence-electron chi connectivity index (χ0n) is 14.2. The summed E-state index contributed by atoms with van der Waals surface area (Å²) >= 11 is 0. The third-order valence-corrected chi connectivity index (χ3v) is 4.57. The lowest BCUT2D eigenvalue weighted by Crippen LogP contribution is -2.37. The summed E-state index contributed by atoms with van der Waals surface area (Å²) in [4.78, 5) is 63.2. The normalized spacial score (nSPS) is 15.3. The Labute approximate surface area is 153 Å². The van der Waals surface area contributed by atoms with Crippen LogP contribution in [0, 0.1) is 0 Å². The van der Waals surface area contributed by atoms with Gasteiger partial charge in [-0.2, -0.15) is 0 Å². The second-order valence-electron chi connectivity index (χ2n) is 6.19. The molecule has 2 aliphatic heterocycles. The maximum absolute atomic E-state index is 12.4. The topological polar surface area (TPSA) is 104 Å². The Morgan fingerprint density at radius 3 is 2.04 bits per heavy atom. The number of amides is 5. The lowest BCUT2D eigenvalue weighted by atomic mass is 10.1. The first-order valence-corrected chi connectivity index (χ1v) is 8.10. The molecule has 2 heterocycles. The third-order valence-electron chi connectivity index (χ3n) is 4.57. The number of hydrogen-bond acceptors (Lipinski definition) is 5. The van der Waals surface area contributed by atoms with E-state index in [2.05, 4.69) is 5.32 Å². The summed E-state index contributed by atoms with van der Waals surface area (Å²) in [5.41, 5.74) is 0.954. The van der Waals surface area contributed by atoms with Gasteiger partial charge >= 0.3 is 0 Å². The van der Waals surface area contributed by atoms with Crippen molar-refractivity contribution >= 4 is 35.2 Å². The summed E-state index contributed by atoms with van der Waals surface area (Å²) in [7, 11) is 1.36. The summed E-state index contributed by atoms with van der Waals surface area (Å²) < 4.78 is 0. The molecule has 0 bridgehead atoms. The molecule has 0 unspecified atom stereocenters. The number of imide groups is 2. The van der Waals surface area contributed by atoms with E-state index >= 15 is 0 Å². The van der Waals surface area contributed by atoms with Crippen molar-refractivity contribution in [2.75, 3.05) is 18.9 Å². The fourth-order valence-corrected chi connectivity index (χ4v) is 3.22. The summed E-state index contributed by atoms with van der Waals surface area (Å²) in [6.45, 7) is -0.492. The summed E-state index contributed by atoms with van der Waals surface area (Å²) in [5.74, 6) is -2.71. The first-order valence-electron chi connectivity index (χ1n) is 8.10. The maximum atomic E-state index is 12.4. The van der Waals surface area contributed by atoms with Crippen LogP contribution in [-0.2, 0) is 4.79 Å². The van der Waals surface area contributed by atoms with Crippen LogP contribution in [0.4, 0.5) is 5.69 Å². The Hall–Kier alpha value is -3.81. The summed E-state index contributed by atoms with van der Waals surface area (Å²) in [6, 6.07) is 10.9. The van der Waals surface area contributed by atoms with E-state index in [9.17, 15) is 24.0 Å². The SMILES string of the molecule is CN1C(=O)c2cccc(NC(=O)CN3C(=O)c4ccccc4C3=O)c2C1=O. The minimum atomic E-state index is -0.646. The van der Waals surface area contributed by atoms with Gasteiger partial charge in [0.1, 0.15) is 6.54 Å². The molecule has 1 N–H and O–H groups in total. The highest BCUT2D eigenvalue weighted by atomic mass is 16.2. The van der Waals surface area contributed by atoms with E-state index < -0.39 is 36.1 Å². The zero-order valence-corrected chi connectivity index (χ0v) is 14.2. The van der Waals surface area contributed by atoms with Crippen molar-refractivity contribution in [3.05, 3.63) is 64.7 Å². The monoisotopic (exact) mass is 363 g/mol. The molecule has 0 fully saturated rings. The van der Waals surface area contributed by atoms with E-state index in [1.54, 1.807) is 18.2 Å². The smallest absolute Gasteiger partial charge is 0.263 e. The minimum Gasteiger partial charge on any atom is -0.324 e. The average molecular weight is 363 g/mol. The number of fused-ring (bicyclic) bond motifs is 2. The Morgan fingerprint density at radius 2 is 1.41 bits per heavy atom. The summed E-state index contributed by atoms with van der Waals surface area (Å²) in [5, 5.41) is 2.52. The van der Waals surface area contributed by atoms with E-state index in [1.165, 1.54) is 31.3 Å². The number of nitrogens with one attached hydrogen (secondary N) is 1. The van der Waals surface area contributed by atoms with Gasteiger partial charge in [-0.15, -0.1) is 0 Å². The molecule has 5 amide bonds. The largest absolute Gasteiger partial charge is 0.324 e. The molecule has 2 aromatic carbocycles. The van der Waals surface area contributed by atoms with Crippen LogP contribution in [0.1, 0.15) is 41.4 Å². The molecular weight excluding hydrogens is 350 g/mol. The molecular formula is C19H13N3O5. The van der Waals surface area contributed by atoms with Crippen LogP contribution in [0.2, 0.25) is 0 Å². The molecule has 8 heteroatoms. The number of nitrogens with zero attached hydrogens (tertiary/aromatic N) is 2. The quantitative estimate of drug-likeness (QED) is 0.824. The number of benzene rings is 2. The van der Waals surface area contributed by atoms with Crippen molar-refractivity contribution < 1.29 is 24.0 Å². The van der Waals surface area contributed by atoms with E-state index in [0.717, 1.165) is 9.80 Å². The number of anilines is 1. The van der Waals surface area contributed by atoms with Gasteiger partial charge in [0.15, 0.2) is 0 Å². The Bertz CT molecular complexity index is 1020. The van der Waals surface area contributed by atoms with Crippen LogP contribution in [0.3, 0.4) is 0 Å². The molecule has 27 heavy (non-hydrogen) atoms. The van der Waals surface area contributed by atoms with Gasteiger partial charge in [-0.3, -0.25) is 33.8 Å². The molecule has 4 rings (SSSR count). The lowest BCUT2D eigenvalue weighted by Gasteiger charge is -2.14. The number of carbonyl (C=O) groups is 5. The first kappa shape index (κ1) is 16.6. The van der Waals surface area contributed by atoms with Gasteiger partial charge in [-0.05, 0) is 24.3 Å². The lowest BCUT2D eigenvalue weighted by molar-refractivity contribution is -0.116. The van der Waals surface area contributed by atoms with Crippen molar-refractivity contribution in [1.29, 1.82) is 0 Å². The van der Waals surface area contributed by atoms with Gasteiger partial charge in [-0.1, -0.05) is 18.2 Å². The van der Waals surface area contributed by atoms with Gasteiger partial charge in [-0.25, -0.2) is 0 Å². The van der Waals surface area contributed by atoms with Crippen molar-refractivity contribution in [2.24, 2.45) is 0 Å². The maximum Gasteiger partial charge on any atom is 0.263 e. The van der Waals surface area contributed by atoms with E-state index in [0.29, 0.717) is 0 Å². The molecule has 2 aliphatic rings. The highest BCUT2D eigenvalue weighted by Crippen LogP contribution is 2.28. The molecule has 8 nitrogen and oxygen atoms in total. The summed E-state index contributed by atoms with van der Waals surface area (Å²) in [6.07, 6.45) is 0. The standard InChI is InChI=1S/C19H13N3O5/c1-21-16(24)12-7-4-8-13(15(12)19(21)27)20-14(23)9-22-17(25)10-5-2-3-6-11(10)18(22)26/h2-8H,9H2,1H3,(H,20,23). The zero-order chi connectivity index (χ0) is 19.3. The third kappa shape index (κ3) is 2.42. The molecule has 0 aromatic heterocycles. The Morgan fingerprint density at radius 1 is 0.815 bits per heavy atom. The van der Waals surface area contributed by atoms with Crippen LogP contribution in [-0.4, -0.2) is 52.9 Å². The number of carbonyl (C=O) groups excluding carboxylic acids is 5. The average Bonchev–Trinajstić information content (AvgIpc) is 3.04. The molecule has 2 aromatic rings. The Kier molecular flexibility index (Phi) is 3.62. The van der Waals surface area contributed by atoms with Crippen molar-refractivity contribution in [2.45, 2.75) is 0 Å². The first-order chi connectivity index (χ1) is 12.9. The van der Waals surface area contributed by atoms with Crippen LogP contribution in [0.15, 0.2) is 42.5 Å². The van der Waals surface area contributed by atoms with Crippen LogP contribution in [0.5, 0.6) is 0 Å². The molecule has 134 valence electrons. The van der Waals surface area contributed by atoms with Gasteiger partial charge in [0, 0.05) is 7.05 Å². The van der Waals surface area contributed by atoms with Gasteiger partial charge < -0.3 is 5.32 Å². The van der Waals surface area contributed by atoms with Crippen molar-refractivity contribution in [3.8, 4) is 0 Å². The molecule has 0 aliphatic carbocycles. The van der Waals surface area contributed by atoms with Crippen LogP contribution >= 0.6 is 0 Å². The molecule has 0 saturated heterocycles. The number of hydrogen-bond donors (Lipinski definition) is 1. The van der Waals surface area contributed by atoms with E-state index in [4.69, 9.17) is 0 Å². The highest BCUT2D eigenvalue weighted by Gasteiger charge is 2.38. The molecule has 0 radical (unpaired) electrons. The van der Waals surface area contributed by atoms with Gasteiger partial charge in [0.25, 0.3) is 23.6 Å². The van der Waals surface area contributed by atoms with Gasteiger partial charge in [0.05, 0.1) is 27.9 Å². The fourth-order valence-electron chi connectivity index (χ4n) is 3.22. The Balaban J connectivity index is 1.56. The number of rotatable bonds is 3. The van der Waals surface area contributed by atoms with E-state index in [-0.39, 0.29) is 27.9 Å². The van der Waals surface area contributed by atoms with E-state index in [1.807, 2.05) is 0 Å². The minimum absolute atomic E-state index is 0.0979. The molecule has 0 saturated carbocycles. The fraction of sp³-hybridized carbons (Fsp3) is 0.105. The van der Waals surface area contributed by atoms with Crippen molar-refractivity contribution in [3.63, 3.8) is 0 Å². The predicted molar refractivity (Wildman–Crippen MR) is 93.3 cm³/mol. The second kappa shape index (κ2) is 5.87. The molecule has 0 atom stereocenters. The van der Waals surface area contributed by atoms with Crippen LogP contribution < -0.4 is 5.32 Å². The van der Waals surface area contributed by atoms with Crippen LogP contribution in [0.25, 0.3) is 0 Å². The highest BCUT2D eigenvalue weighted by molar-refractivity contribution is 6.25.